The lowest BCUT2D eigenvalue weighted by atomic mass is 9.95. The Balaban J connectivity index is 1.64. The van der Waals surface area contributed by atoms with Crippen molar-refractivity contribution in [1.82, 2.24) is 4.90 Å². The maximum absolute atomic E-state index is 11.5. The van der Waals surface area contributed by atoms with Gasteiger partial charge in [0, 0.05) is 31.6 Å². The van der Waals surface area contributed by atoms with Crippen LogP contribution in [0.3, 0.4) is 0 Å². The second-order valence-electron chi connectivity index (χ2n) is 6.06. The molecule has 1 heterocycles. The summed E-state index contributed by atoms with van der Waals surface area (Å²) in [6.07, 6.45) is 0. The lowest BCUT2D eigenvalue weighted by Crippen LogP contribution is -2.28. The summed E-state index contributed by atoms with van der Waals surface area (Å²) in [5.41, 5.74) is 9.40. The van der Waals surface area contributed by atoms with E-state index in [0.29, 0.717) is 11.5 Å². The number of benzene rings is 2. The van der Waals surface area contributed by atoms with Crippen LogP contribution in [0.4, 0.5) is 0 Å². The van der Waals surface area contributed by atoms with Crippen LogP contribution in [0.15, 0.2) is 54.6 Å². The van der Waals surface area contributed by atoms with Crippen LogP contribution < -0.4 is 5.73 Å². The number of hydrogen-bond acceptors (Lipinski definition) is 4. The number of nitrogens with zero attached hydrogens (tertiary/aromatic N) is 1. The third kappa shape index (κ3) is 3.60. The normalized spacial score (nSPS) is 21.3. The first kappa shape index (κ1) is 15.7. The van der Waals surface area contributed by atoms with Gasteiger partial charge in [0.25, 0.3) is 0 Å². The Kier molecular flexibility index (Phi) is 4.74. The van der Waals surface area contributed by atoms with Gasteiger partial charge in [0.2, 0.25) is 0 Å². The molecule has 0 spiro atoms. The minimum absolute atomic E-state index is 0.159. The van der Waals surface area contributed by atoms with Crippen LogP contribution >= 0.6 is 0 Å². The van der Waals surface area contributed by atoms with Crippen molar-refractivity contribution in [3.05, 3.63) is 71.3 Å². The Labute approximate surface area is 136 Å². The Bertz CT molecular complexity index is 655. The van der Waals surface area contributed by atoms with Gasteiger partial charge in [0.05, 0.1) is 12.7 Å². The van der Waals surface area contributed by atoms with Crippen molar-refractivity contribution >= 4 is 5.97 Å². The molecule has 0 radical (unpaired) electrons. The summed E-state index contributed by atoms with van der Waals surface area (Å²) in [4.78, 5) is 13.8. The summed E-state index contributed by atoms with van der Waals surface area (Å²) in [5, 5.41) is 0. The molecule has 4 heteroatoms. The molecule has 1 aliphatic rings. The standard InChI is InChI=1S/C19H22N2O2/c1-23-19(22)16-9-7-14(8-10-16)11-21-12-17(18(20)13-21)15-5-3-2-4-6-15/h2-10,17-18H,11-13,20H2,1H3/t17-,18+/m0/s1. The van der Waals surface area contributed by atoms with Gasteiger partial charge in [-0.15, -0.1) is 0 Å². The molecule has 120 valence electrons. The van der Waals surface area contributed by atoms with Crippen molar-refractivity contribution in [3.63, 3.8) is 0 Å². The van der Waals surface area contributed by atoms with Crippen molar-refractivity contribution < 1.29 is 9.53 Å². The van der Waals surface area contributed by atoms with Crippen LogP contribution in [0.25, 0.3) is 0 Å². The Hall–Kier alpha value is -2.17. The van der Waals surface area contributed by atoms with E-state index >= 15 is 0 Å². The van der Waals surface area contributed by atoms with Crippen molar-refractivity contribution in [3.8, 4) is 0 Å². The summed E-state index contributed by atoms with van der Waals surface area (Å²) in [6.45, 7) is 2.70. The SMILES string of the molecule is COC(=O)c1ccc(CN2C[C@@H](N)[C@H](c3ccccc3)C2)cc1. The number of hydrogen-bond donors (Lipinski definition) is 1. The molecule has 2 aromatic carbocycles. The molecule has 4 nitrogen and oxygen atoms in total. The lowest BCUT2D eigenvalue weighted by Gasteiger charge is -2.16. The number of likely N-dealkylation sites (tertiary alicyclic amines) is 1. The summed E-state index contributed by atoms with van der Waals surface area (Å²) in [7, 11) is 1.39. The topological polar surface area (TPSA) is 55.6 Å². The Morgan fingerprint density at radius 2 is 1.83 bits per heavy atom. The molecule has 3 rings (SSSR count). The number of rotatable bonds is 4. The number of esters is 1. The minimum Gasteiger partial charge on any atom is -0.465 e. The fourth-order valence-electron chi connectivity index (χ4n) is 3.22. The molecule has 0 bridgehead atoms. The highest BCUT2D eigenvalue weighted by molar-refractivity contribution is 5.89. The number of carbonyl (C=O) groups excluding carboxylic acids is 1. The molecule has 1 aliphatic heterocycles. The molecule has 1 fully saturated rings. The molecule has 0 aliphatic carbocycles. The fourth-order valence-corrected chi connectivity index (χ4v) is 3.22. The third-order valence-corrected chi connectivity index (χ3v) is 4.45. The average molecular weight is 310 g/mol. The van der Waals surface area contributed by atoms with Gasteiger partial charge in [-0.25, -0.2) is 4.79 Å². The zero-order valence-corrected chi connectivity index (χ0v) is 13.3. The molecule has 0 aromatic heterocycles. The predicted octanol–water partition coefficient (Wildman–Crippen LogP) is 2.40. The molecule has 23 heavy (non-hydrogen) atoms. The van der Waals surface area contributed by atoms with E-state index in [-0.39, 0.29) is 12.0 Å². The molecule has 0 saturated carbocycles. The van der Waals surface area contributed by atoms with E-state index < -0.39 is 0 Å². The smallest absolute Gasteiger partial charge is 0.337 e. The Morgan fingerprint density at radius 1 is 1.13 bits per heavy atom. The first-order valence-corrected chi connectivity index (χ1v) is 7.87. The van der Waals surface area contributed by atoms with Gasteiger partial charge in [-0.05, 0) is 23.3 Å². The molecule has 1 saturated heterocycles. The zero-order valence-electron chi connectivity index (χ0n) is 13.3. The lowest BCUT2D eigenvalue weighted by molar-refractivity contribution is 0.0600. The first-order valence-electron chi connectivity index (χ1n) is 7.87. The van der Waals surface area contributed by atoms with Gasteiger partial charge < -0.3 is 10.5 Å². The van der Waals surface area contributed by atoms with Gasteiger partial charge in [-0.1, -0.05) is 42.5 Å². The van der Waals surface area contributed by atoms with E-state index in [1.807, 2.05) is 30.3 Å². The van der Waals surface area contributed by atoms with Gasteiger partial charge in [-0.2, -0.15) is 0 Å². The van der Waals surface area contributed by atoms with Crippen LogP contribution in [0.5, 0.6) is 0 Å². The fraction of sp³-hybridized carbons (Fsp3) is 0.316. The van der Waals surface area contributed by atoms with E-state index in [4.69, 9.17) is 10.5 Å². The van der Waals surface area contributed by atoms with Crippen LogP contribution in [0.2, 0.25) is 0 Å². The van der Waals surface area contributed by atoms with E-state index in [0.717, 1.165) is 19.6 Å². The average Bonchev–Trinajstić information content (AvgIpc) is 2.96. The quantitative estimate of drug-likeness (QED) is 0.881. The maximum atomic E-state index is 11.5. The molecule has 2 atom stereocenters. The van der Waals surface area contributed by atoms with Gasteiger partial charge >= 0.3 is 5.97 Å². The van der Waals surface area contributed by atoms with Gasteiger partial charge in [-0.3, -0.25) is 4.90 Å². The molecule has 2 aromatic rings. The van der Waals surface area contributed by atoms with E-state index in [1.54, 1.807) is 0 Å². The monoisotopic (exact) mass is 310 g/mol. The maximum Gasteiger partial charge on any atom is 0.337 e. The van der Waals surface area contributed by atoms with Gasteiger partial charge in [0.1, 0.15) is 0 Å². The van der Waals surface area contributed by atoms with Crippen LogP contribution in [-0.2, 0) is 11.3 Å². The zero-order chi connectivity index (χ0) is 16.2. The third-order valence-electron chi connectivity index (χ3n) is 4.45. The van der Waals surface area contributed by atoms with Crippen molar-refractivity contribution in [2.45, 2.75) is 18.5 Å². The highest BCUT2D eigenvalue weighted by Gasteiger charge is 2.30. The predicted molar refractivity (Wildman–Crippen MR) is 90.2 cm³/mol. The summed E-state index contributed by atoms with van der Waals surface area (Å²) in [6, 6.07) is 18.2. The van der Waals surface area contributed by atoms with Crippen molar-refractivity contribution in [2.75, 3.05) is 20.2 Å². The van der Waals surface area contributed by atoms with Crippen molar-refractivity contribution in [2.24, 2.45) is 5.73 Å². The molecular weight excluding hydrogens is 288 g/mol. The number of methoxy groups -OCH3 is 1. The van der Waals surface area contributed by atoms with Gasteiger partial charge in [0.15, 0.2) is 0 Å². The highest BCUT2D eigenvalue weighted by Crippen LogP contribution is 2.27. The summed E-state index contributed by atoms with van der Waals surface area (Å²) in [5.74, 6) is 0.0782. The second-order valence-corrected chi connectivity index (χ2v) is 6.06. The Morgan fingerprint density at radius 3 is 2.48 bits per heavy atom. The number of ether oxygens (including phenoxy) is 1. The number of nitrogens with two attached hydrogens (primary N) is 1. The molecule has 0 amide bonds. The van der Waals surface area contributed by atoms with Crippen LogP contribution in [0.1, 0.15) is 27.4 Å². The van der Waals surface area contributed by atoms with Crippen LogP contribution in [-0.4, -0.2) is 37.1 Å². The van der Waals surface area contributed by atoms with Crippen LogP contribution in [0, 0.1) is 0 Å². The number of carbonyl (C=O) groups is 1. The summed E-state index contributed by atoms with van der Waals surface area (Å²) < 4.78 is 4.72. The second kappa shape index (κ2) is 6.94. The summed E-state index contributed by atoms with van der Waals surface area (Å²) >= 11 is 0. The highest BCUT2D eigenvalue weighted by atomic mass is 16.5. The largest absolute Gasteiger partial charge is 0.465 e. The van der Waals surface area contributed by atoms with E-state index in [9.17, 15) is 4.79 Å². The first-order chi connectivity index (χ1) is 11.2. The van der Waals surface area contributed by atoms with Crippen molar-refractivity contribution in [1.29, 1.82) is 0 Å². The van der Waals surface area contributed by atoms with E-state index in [1.165, 1.54) is 18.2 Å². The molecule has 2 N–H and O–H groups in total. The molecular formula is C19H22N2O2. The minimum atomic E-state index is -0.302. The van der Waals surface area contributed by atoms with E-state index in [2.05, 4.69) is 29.2 Å². The molecule has 0 unspecified atom stereocenters.